The Morgan fingerprint density at radius 2 is 1.93 bits per heavy atom. The third kappa shape index (κ3) is 2.15. The van der Waals surface area contributed by atoms with Gasteiger partial charge in [-0.3, -0.25) is 0 Å². The molecule has 0 aliphatic carbocycles. The van der Waals surface area contributed by atoms with Crippen LogP contribution in [0.3, 0.4) is 0 Å². The van der Waals surface area contributed by atoms with E-state index in [0.29, 0.717) is 11.4 Å². The molecule has 1 rings (SSSR count). The van der Waals surface area contributed by atoms with Crippen LogP contribution in [-0.4, -0.2) is 12.2 Å². The Balaban J connectivity index is 3.56. The highest BCUT2D eigenvalue weighted by Gasteiger charge is 2.07. The molecule has 0 saturated heterocycles. The van der Waals surface area contributed by atoms with Gasteiger partial charge in [-0.1, -0.05) is 18.7 Å². The molecule has 0 aliphatic rings. The Kier molecular flexibility index (Phi) is 3.47. The molecule has 4 heteroatoms. The zero-order valence-corrected chi connectivity index (χ0v) is 8.15. The molecule has 0 aliphatic heterocycles. The lowest BCUT2D eigenvalue weighted by molar-refractivity contribution is 0.564. The maximum absolute atomic E-state index is 10.2. The van der Waals surface area contributed by atoms with Crippen LogP contribution < -0.4 is 0 Å². The molecule has 0 atom stereocenters. The Bertz CT molecular complexity index is 494. The molecule has 0 aromatic heterocycles. The van der Waals surface area contributed by atoms with Gasteiger partial charge in [0.2, 0.25) is 12.2 Å². The third-order valence-electron chi connectivity index (χ3n) is 2.00. The average molecular weight is 200 g/mol. The van der Waals surface area contributed by atoms with Gasteiger partial charge < -0.3 is 0 Å². The first-order chi connectivity index (χ1) is 7.24. The molecule has 1 aromatic carbocycles. The molecule has 0 heterocycles. The van der Waals surface area contributed by atoms with E-state index in [1.807, 2.05) is 0 Å². The van der Waals surface area contributed by atoms with Gasteiger partial charge in [0.25, 0.3) is 0 Å². The van der Waals surface area contributed by atoms with Crippen LogP contribution in [0.2, 0.25) is 0 Å². The van der Waals surface area contributed by atoms with Crippen molar-refractivity contribution in [1.82, 2.24) is 0 Å². The van der Waals surface area contributed by atoms with Crippen LogP contribution in [-0.2, 0) is 9.59 Å². The maximum atomic E-state index is 10.2. The van der Waals surface area contributed by atoms with Crippen molar-refractivity contribution in [3.8, 4) is 0 Å². The van der Waals surface area contributed by atoms with Gasteiger partial charge in [0.15, 0.2) is 0 Å². The molecule has 15 heavy (non-hydrogen) atoms. The molecule has 1 aromatic rings. The van der Waals surface area contributed by atoms with Crippen molar-refractivity contribution in [2.45, 2.75) is 6.92 Å². The van der Waals surface area contributed by atoms with E-state index < -0.39 is 0 Å². The minimum absolute atomic E-state index is 0.302. The van der Waals surface area contributed by atoms with E-state index in [1.54, 1.807) is 25.1 Å². The smallest absolute Gasteiger partial charge is 0.211 e. The fourth-order valence-corrected chi connectivity index (χ4v) is 1.25. The molecule has 0 fully saturated rings. The van der Waals surface area contributed by atoms with Crippen molar-refractivity contribution in [2.75, 3.05) is 0 Å². The summed E-state index contributed by atoms with van der Waals surface area (Å²) in [6, 6.07) is 3.31. The monoisotopic (exact) mass is 200 g/mol. The van der Waals surface area contributed by atoms with Crippen LogP contribution >= 0.6 is 0 Å². The lowest BCUT2D eigenvalue weighted by atomic mass is 10.1. The van der Waals surface area contributed by atoms with Crippen molar-refractivity contribution in [2.24, 2.45) is 9.98 Å². The Morgan fingerprint density at radius 1 is 1.27 bits per heavy atom. The number of hydrogen-bond donors (Lipinski definition) is 0. The number of aliphatic imine (C=N–C) groups is 2. The highest BCUT2D eigenvalue weighted by Crippen LogP contribution is 2.33. The van der Waals surface area contributed by atoms with Gasteiger partial charge in [0, 0.05) is 0 Å². The fraction of sp³-hybridized carbons (Fsp3) is 0.0909. The van der Waals surface area contributed by atoms with Crippen molar-refractivity contribution in [3.05, 3.63) is 29.8 Å². The quantitative estimate of drug-likeness (QED) is 0.556. The summed E-state index contributed by atoms with van der Waals surface area (Å²) in [6.07, 6.45) is 4.47. The molecule has 74 valence electrons. The minimum Gasteiger partial charge on any atom is -0.211 e. The van der Waals surface area contributed by atoms with Crippen LogP contribution in [0, 0.1) is 6.92 Å². The standard InChI is InChI=1S/C11H8N2O2/c1-3-9-4-5-10(12-6-14)11(8(9)2)13-7-15/h3-5H,1H2,2H3. The van der Waals surface area contributed by atoms with Gasteiger partial charge in [-0.25, -0.2) is 9.59 Å². The number of rotatable bonds is 3. The molecular formula is C11H8N2O2. The van der Waals surface area contributed by atoms with E-state index in [-0.39, 0.29) is 0 Å². The molecule has 0 unspecified atom stereocenters. The largest absolute Gasteiger partial charge is 0.240 e. The lowest BCUT2D eigenvalue weighted by Gasteiger charge is -2.04. The molecule has 0 bridgehead atoms. The number of benzene rings is 1. The number of carbonyl (C=O) groups excluding carboxylic acids is 2. The summed E-state index contributed by atoms with van der Waals surface area (Å²) in [6.45, 7) is 5.38. The third-order valence-corrected chi connectivity index (χ3v) is 2.00. The fourth-order valence-electron chi connectivity index (χ4n) is 1.25. The summed E-state index contributed by atoms with van der Waals surface area (Å²) in [5, 5.41) is 0. The Morgan fingerprint density at radius 3 is 2.47 bits per heavy atom. The molecule has 0 radical (unpaired) electrons. The zero-order chi connectivity index (χ0) is 11.3. The highest BCUT2D eigenvalue weighted by atomic mass is 16.1. The predicted octanol–water partition coefficient (Wildman–Crippen LogP) is 2.57. The second-order valence-electron chi connectivity index (χ2n) is 2.76. The minimum atomic E-state index is 0.302. The van der Waals surface area contributed by atoms with Gasteiger partial charge >= 0.3 is 0 Å². The molecule has 0 amide bonds. The normalized spacial score (nSPS) is 8.60. The molecule has 0 saturated carbocycles. The zero-order valence-electron chi connectivity index (χ0n) is 8.15. The number of nitrogens with zero attached hydrogens (tertiary/aromatic N) is 2. The van der Waals surface area contributed by atoms with Gasteiger partial charge in [-0.05, 0) is 24.1 Å². The average Bonchev–Trinajstić information content (AvgIpc) is 2.24. The van der Waals surface area contributed by atoms with E-state index >= 15 is 0 Å². The first kappa shape index (κ1) is 10.8. The summed E-state index contributed by atoms with van der Waals surface area (Å²) in [5.41, 5.74) is 2.18. The Hall–Kier alpha value is -2.28. The van der Waals surface area contributed by atoms with Crippen LogP contribution in [0.5, 0.6) is 0 Å². The van der Waals surface area contributed by atoms with Crippen LogP contribution in [0.1, 0.15) is 11.1 Å². The summed E-state index contributed by atoms with van der Waals surface area (Å²) in [5.74, 6) is 0. The second-order valence-corrected chi connectivity index (χ2v) is 2.76. The van der Waals surface area contributed by atoms with E-state index in [4.69, 9.17) is 0 Å². The summed E-state index contributed by atoms with van der Waals surface area (Å²) < 4.78 is 0. The molecule has 0 spiro atoms. The number of hydrogen-bond acceptors (Lipinski definition) is 4. The topological polar surface area (TPSA) is 58.9 Å². The summed E-state index contributed by atoms with van der Waals surface area (Å²) in [4.78, 5) is 27.3. The van der Waals surface area contributed by atoms with Gasteiger partial charge in [-0.2, -0.15) is 9.98 Å². The second kappa shape index (κ2) is 4.82. The summed E-state index contributed by atoms with van der Waals surface area (Å²) in [7, 11) is 0. The molecular weight excluding hydrogens is 192 g/mol. The lowest BCUT2D eigenvalue weighted by Crippen LogP contribution is -1.82. The van der Waals surface area contributed by atoms with Crippen LogP contribution in [0.25, 0.3) is 6.08 Å². The van der Waals surface area contributed by atoms with Crippen LogP contribution in [0.4, 0.5) is 11.4 Å². The van der Waals surface area contributed by atoms with Crippen molar-refractivity contribution in [3.63, 3.8) is 0 Å². The van der Waals surface area contributed by atoms with Gasteiger partial charge in [-0.15, -0.1) is 0 Å². The van der Waals surface area contributed by atoms with Crippen molar-refractivity contribution >= 4 is 29.6 Å². The summed E-state index contributed by atoms with van der Waals surface area (Å²) >= 11 is 0. The maximum Gasteiger partial charge on any atom is 0.240 e. The number of isocyanates is 2. The van der Waals surface area contributed by atoms with E-state index in [0.717, 1.165) is 11.1 Å². The highest BCUT2D eigenvalue weighted by molar-refractivity contribution is 5.75. The van der Waals surface area contributed by atoms with E-state index in [1.165, 1.54) is 12.2 Å². The predicted molar refractivity (Wildman–Crippen MR) is 56.8 cm³/mol. The Labute approximate surface area is 86.7 Å². The SMILES string of the molecule is C=Cc1ccc(N=C=O)c(N=C=O)c1C. The van der Waals surface area contributed by atoms with Crippen molar-refractivity contribution < 1.29 is 9.59 Å². The molecule has 0 N–H and O–H groups in total. The van der Waals surface area contributed by atoms with E-state index in [9.17, 15) is 9.59 Å². The van der Waals surface area contributed by atoms with Gasteiger partial charge in [0.1, 0.15) is 11.4 Å². The van der Waals surface area contributed by atoms with Gasteiger partial charge in [0.05, 0.1) is 0 Å². The molecule has 4 nitrogen and oxygen atoms in total. The van der Waals surface area contributed by atoms with Crippen LogP contribution in [0.15, 0.2) is 28.7 Å². The first-order valence-corrected chi connectivity index (χ1v) is 4.16. The van der Waals surface area contributed by atoms with E-state index in [2.05, 4.69) is 16.6 Å². The van der Waals surface area contributed by atoms with Crippen molar-refractivity contribution in [1.29, 1.82) is 0 Å². The first-order valence-electron chi connectivity index (χ1n) is 4.16.